The third kappa shape index (κ3) is 3.31. The predicted molar refractivity (Wildman–Crippen MR) is 82.6 cm³/mol. The van der Waals surface area contributed by atoms with Gasteiger partial charge in [0, 0.05) is 19.0 Å². The molecule has 1 unspecified atom stereocenters. The molecule has 1 atom stereocenters. The van der Waals surface area contributed by atoms with Crippen molar-refractivity contribution in [2.45, 2.75) is 6.10 Å². The van der Waals surface area contributed by atoms with Crippen LogP contribution in [0.25, 0.3) is 0 Å². The lowest BCUT2D eigenvalue weighted by atomic mass is 9.91. The van der Waals surface area contributed by atoms with E-state index in [0.717, 1.165) is 18.7 Å². The molecule has 0 saturated carbocycles. The number of hydrogen-bond acceptors (Lipinski definition) is 2. The van der Waals surface area contributed by atoms with Crippen LogP contribution < -0.4 is 10.1 Å². The van der Waals surface area contributed by atoms with Gasteiger partial charge in [-0.2, -0.15) is 0 Å². The van der Waals surface area contributed by atoms with Crippen LogP contribution in [0.4, 0.5) is 4.39 Å². The molecule has 0 radical (unpaired) electrons. The Bertz CT molecular complexity index is 629. The Kier molecular flexibility index (Phi) is 4.34. The average molecular weight is 326 g/mol. The number of ether oxygens (including phenoxy) is 1. The van der Waals surface area contributed by atoms with Gasteiger partial charge in [-0.25, -0.2) is 4.39 Å². The Morgan fingerprint density at radius 3 is 2.33 bits per heavy atom. The minimum absolute atomic E-state index is 0.133. The van der Waals surface area contributed by atoms with Gasteiger partial charge in [0.2, 0.25) is 0 Å². The molecule has 1 heterocycles. The van der Waals surface area contributed by atoms with Crippen molar-refractivity contribution in [3.63, 3.8) is 0 Å². The summed E-state index contributed by atoms with van der Waals surface area (Å²) in [7, 11) is 0. The molecule has 1 N–H and O–H groups in total. The van der Waals surface area contributed by atoms with E-state index in [1.807, 2.05) is 12.1 Å². The molecular weight excluding hydrogens is 312 g/mol. The maximum absolute atomic E-state index is 13.0. The van der Waals surface area contributed by atoms with Crippen molar-refractivity contribution in [2.75, 3.05) is 13.1 Å². The fourth-order valence-electron chi connectivity index (χ4n) is 2.31. The Morgan fingerprint density at radius 1 is 1.05 bits per heavy atom. The van der Waals surface area contributed by atoms with Crippen LogP contribution in [0, 0.1) is 11.7 Å². The molecule has 1 aliphatic heterocycles. The zero-order valence-corrected chi connectivity index (χ0v) is 12.7. The topological polar surface area (TPSA) is 21.3 Å². The molecule has 2 aromatic rings. The molecule has 0 amide bonds. The second-order valence-corrected chi connectivity index (χ2v) is 5.90. The second kappa shape index (κ2) is 6.22. The van der Waals surface area contributed by atoms with E-state index in [9.17, 15) is 4.39 Å². The van der Waals surface area contributed by atoms with Gasteiger partial charge in [0.15, 0.2) is 0 Å². The van der Waals surface area contributed by atoms with Crippen molar-refractivity contribution in [1.29, 1.82) is 0 Å². The molecule has 0 aromatic heterocycles. The number of benzene rings is 2. The molecule has 0 spiro atoms. The van der Waals surface area contributed by atoms with Crippen LogP contribution in [0.2, 0.25) is 10.0 Å². The van der Waals surface area contributed by atoms with Crippen LogP contribution >= 0.6 is 23.2 Å². The van der Waals surface area contributed by atoms with E-state index in [1.165, 1.54) is 12.1 Å². The predicted octanol–water partition coefficient (Wildman–Crippen LogP) is 4.47. The van der Waals surface area contributed by atoms with Crippen LogP contribution in [0.3, 0.4) is 0 Å². The third-order valence-corrected chi connectivity index (χ3v) is 4.33. The van der Waals surface area contributed by atoms with Gasteiger partial charge in [-0.05, 0) is 42.0 Å². The van der Waals surface area contributed by atoms with Gasteiger partial charge in [0.05, 0.1) is 10.0 Å². The summed E-state index contributed by atoms with van der Waals surface area (Å²) in [5.41, 5.74) is 0.972. The van der Waals surface area contributed by atoms with Crippen molar-refractivity contribution >= 4 is 23.2 Å². The van der Waals surface area contributed by atoms with Gasteiger partial charge in [-0.15, -0.1) is 0 Å². The van der Waals surface area contributed by atoms with E-state index < -0.39 is 0 Å². The normalized spacial score (nSPS) is 16.3. The molecule has 2 aromatic carbocycles. The quantitative estimate of drug-likeness (QED) is 0.895. The molecule has 3 rings (SSSR count). The van der Waals surface area contributed by atoms with E-state index in [1.54, 1.807) is 18.2 Å². The van der Waals surface area contributed by atoms with Crippen LogP contribution in [0.1, 0.15) is 11.7 Å². The second-order valence-electron chi connectivity index (χ2n) is 5.08. The average Bonchev–Trinajstić information content (AvgIpc) is 2.41. The maximum atomic E-state index is 13.0. The van der Waals surface area contributed by atoms with Crippen molar-refractivity contribution in [3.8, 4) is 5.75 Å². The first-order chi connectivity index (χ1) is 10.1. The summed E-state index contributed by atoms with van der Waals surface area (Å²) in [4.78, 5) is 0. The molecule has 1 aliphatic rings. The smallest absolute Gasteiger partial charge is 0.129 e. The standard InChI is InChI=1S/C16H14Cl2FNO/c17-14-6-1-10(7-15(14)18)16(11-8-20-9-11)21-13-4-2-12(19)3-5-13/h1-7,11,16,20H,8-9H2. The van der Waals surface area contributed by atoms with Crippen molar-refractivity contribution in [3.05, 3.63) is 63.9 Å². The summed E-state index contributed by atoms with van der Waals surface area (Å²) >= 11 is 12.1. The molecule has 2 nitrogen and oxygen atoms in total. The van der Waals surface area contributed by atoms with Gasteiger partial charge in [-0.1, -0.05) is 29.3 Å². The number of hydrogen-bond donors (Lipinski definition) is 1. The van der Waals surface area contributed by atoms with Crippen LogP contribution in [0.15, 0.2) is 42.5 Å². The highest BCUT2D eigenvalue weighted by Crippen LogP contribution is 2.34. The van der Waals surface area contributed by atoms with Gasteiger partial charge < -0.3 is 10.1 Å². The third-order valence-electron chi connectivity index (χ3n) is 3.59. The molecule has 0 aliphatic carbocycles. The minimum atomic E-state index is -0.279. The first-order valence-corrected chi connectivity index (χ1v) is 7.47. The fraction of sp³-hybridized carbons (Fsp3) is 0.250. The van der Waals surface area contributed by atoms with Crippen LogP contribution in [0.5, 0.6) is 5.75 Å². The van der Waals surface area contributed by atoms with E-state index in [4.69, 9.17) is 27.9 Å². The molecule has 21 heavy (non-hydrogen) atoms. The van der Waals surface area contributed by atoms with Gasteiger partial charge in [-0.3, -0.25) is 0 Å². The first kappa shape index (κ1) is 14.6. The SMILES string of the molecule is Fc1ccc(OC(c2ccc(Cl)c(Cl)c2)C2CNC2)cc1. The highest BCUT2D eigenvalue weighted by Gasteiger charge is 2.30. The molecule has 0 bridgehead atoms. The summed E-state index contributed by atoms with van der Waals surface area (Å²) in [6, 6.07) is 11.6. The monoisotopic (exact) mass is 325 g/mol. The van der Waals surface area contributed by atoms with Crippen molar-refractivity contribution in [2.24, 2.45) is 5.92 Å². The Balaban J connectivity index is 1.86. The first-order valence-electron chi connectivity index (χ1n) is 6.71. The minimum Gasteiger partial charge on any atom is -0.485 e. The number of nitrogens with one attached hydrogen (secondary N) is 1. The summed E-state index contributed by atoms with van der Waals surface area (Å²) in [6.45, 7) is 1.76. The van der Waals surface area contributed by atoms with Crippen LogP contribution in [-0.4, -0.2) is 13.1 Å². The van der Waals surface area contributed by atoms with Crippen molar-refractivity contribution in [1.82, 2.24) is 5.32 Å². The molecule has 1 fully saturated rings. The molecule has 5 heteroatoms. The highest BCUT2D eigenvalue weighted by molar-refractivity contribution is 6.42. The Morgan fingerprint density at radius 2 is 1.76 bits per heavy atom. The number of rotatable bonds is 4. The lowest BCUT2D eigenvalue weighted by molar-refractivity contribution is 0.0992. The summed E-state index contributed by atoms with van der Waals surface area (Å²) < 4.78 is 19.0. The van der Waals surface area contributed by atoms with Gasteiger partial charge >= 0.3 is 0 Å². The lowest BCUT2D eigenvalue weighted by Crippen LogP contribution is -2.46. The Labute approximate surface area is 132 Å². The van der Waals surface area contributed by atoms with Gasteiger partial charge in [0.25, 0.3) is 0 Å². The van der Waals surface area contributed by atoms with E-state index in [-0.39, 0.29) is 11.9 Å². The van der Waals surface area contributed by atoms with Gasteiger partial charge in [0.1, 0.15) is 17.7 Å². The highest BCUT2D eigenvalue weighted by atomic mass is 35.5. The van der Waals surface area contributed by atoms with Crippen molar-refractivity contribution < 1.29 is 9.13 Å². The van der Waals surface area contributed by atoms with E-state index >= 15 is 0 Å². The zero-order chi connectivity index (χ0) is 14.8. The summed E-state index contributed by atoms with van der Waals surface area (Å²) in [6.07, 6.45) is -0.133. The maximum Gasteiger partial charge on any atom is 0.129 e. The van der Waals surface area contributed by atoms with E-state index in [0.29, 0.717) is 21.7 Å². The summed E-state index contributed by atoms with van der Waals surface area (Å²) in [5, 5.41) is 4.26. The Hall–Kier alpha value is -1.29. The van der Waals surface area contributed by atoms with E-state index in [2.05, 4.69) is 5.32 Å². The molecular formula is C16H14Cl2FNO. The zero-order valence-electron chi connectivity index (χ0n) is 11.2. The number of halogens is 3. The molecule has 1 saturated heterocycles. The lowest BCUT2D eigenvalue weighted by Gasteiger charge is -2.35. The largest absolute Gasteiger partial charge is 0.485 e. The fourth-order valence-corrected chi connectivity index (χ4v) is 2.62. The van der Waals surface area contributed by atoms with Crippen LogP contribution in [-0.2, 0) is 0 Å². The summed E-state index contributed by atoms with van der Waals surface area (Å²) in [5.74, 6) is 0.713. The molecule has 110 valence electrons.